The van der Waals surface area contributed by atoms with Crippen LogP contribution in [0.5, 0.6) is 0 Å². The lowest BCUT2D eigenvalue weighted by Gasteiger charge is -2.44. The van der Waals surface area contributed by atoms with Gasteiger partial charge in [-0.2, -0.15) is 0 Å². The molecular weight excluding hydrogens is 236 g/mol. The van der Waals surface area contributed by atoms with Crippen LogP contribution in [0.1, 0.15) is 41.5 Å². The summed E-state index contributed by atoms with van der Waals surface area (Å²) in [6.07, 6.45) is 0. The summed E-state index contributed by atoms with van der Waals surface area (Å²) >= 11 is 0. The maximum absolute atomic E-state index is 5.70. The topological polar surface area (TPSA) is 46.2 Å². The Morgan fingerprint density at radius 1 is 0.556 bits per heavy atom. The first kappa shape index (κ1) is 17.8. The first-order valence-corrected chi connectivity index (χ1v) is 6.75. The van der Waals surface area contributed by atoms with Crippen molar-refractivity contribution >= 4 is 0 Å². The van der Waals surface area contributed by atoms with Crippen LogP contribution in [0.3, 0.4) is 0 Å². The normalized spacial score (nSPS) is 13.0. The molecule has 0 unspecified atom stereocenters. The number of ether oxygens (including phenoxy) is 5. The van der Waals surface area contributed by atoms with E-state index in [1.165, 1.54) is 0 Å². The zero-order valence-electron chi connectivity index (χ0n) is 12.6. The van der Waals surface area contributed by atoms with E-state index in [-0.39, 0.29) is 0 Å². The molecule has 0 aromatic rings. The number of hydrogen-bond acceptors (Lipinski definition) is 5. The Morgan fingerprint density at radius 2 is 0.833 bits per heavy atom. The Labute approximate surface area is 111 Å². The minimum Gasteiger partial charge on any atom is -0.344 e. The Morgan fingerprint density at radius 3 is 1.06 bits per heavy atom. The Hall–Kier alpha value is -0.200. The second-order valence-corrected chi connectivity index (χ2v) is 3.67. The van der Waals surface area contributed by atoms with Crippen molar-refractivity contribution < 1.29 is 23.7 Å². The molecule has 0 saturated heterocycles. The smallest absolute Gasteiger partial charge is 0.340 e. The van der Waals surface area contributed by atoms with E-state index in [1.54, 1.807) is 6.92 Å². The molecule has 0 amide bonds. The Kier molecular flexibility index (Phi) is 8.73. The van der Waals surface area contributed by atoms with Gasteiger partial charge in [0.05, 0.1) is 0 Å². The zero-order valence-corrected chi connectivity index (χ0v) is 12.6. The molecule has 5 nitrogen and oxygen atoms in total. The van der Waals surface area contributed by atoms with E-state index < -0.39 is 11.8 Å². The summed E-state index contributed by atoms with van der Waals surface area (Å²) in [6, 6.07) is 0. The molecule has 0 aliphatic carbocycles. The van der Waals surface area contributed by atoms with Gasteiger partial charge in [-0.25, -0.2) is 0 Å². The van der Waals surface area contributed by atoms with E-state index in [9.17, 15) is 0 Å². The van der Waals surface area contributed by atoms with E-state index in [4.69, 9.17) is 23.7 Å². The third-order valence-corrected chi connectivity index (χ3v) is 2.40. The molecule has 0 fully saturated rings. The van der Waals surface area contributed by atoms with Crippen LogP contribution in [0.15, 0.2) is 0 Å². The first-order chi connectivity index (χ1) is 8.55. The summed E-state index contributed by atoms with van der Waals surface area (Å²) in [5.74, 6) is -2.43. The van der Waals surface area contributed by atoms with Crippen molar-refractivity contribution in [3.05, 3.63) is 0 Å². The fraction of sp³-hybridized carbons (Fsp3) is 1.00. The van der Waals surface area contributed by atoms with Gasteiger partial charge in [-0.3, -0.25) is 0 Å². The summed E-state index contributed by atoms with van der Waals surface area (Å²) in [4.78, 5) is 0. The summed E-state index contributed by atoms with van der Waals surface area (Å²) in [7, 11) is 0. The monoisotopic (exact) mass is 264 g/mol. The summed E-state index contributed by atoms with van der Waals surface area (Å²) in [5.41, 5.74) is 0. The fourth-order valence-corrected chi connectivity index (χ4v) is 1.86. The van der Waals surface area contributed by atoms with Crippen molar-refractivity contribution in [2.24, 2.45) is 0 Å². The van der Waals surface area contributed by atoms with Crippen LogP contribution in [-0.4, -0.2) is 44.8 Å². The van der Waals surface area contributed by atoms with Crippen molar-refractivity contribution in [2.75, 3.05) is 33.0 Å². The molecule has 0 aliphatic heterocycles. The zero-order chi connectivity index (χ0) is 14.1. The minimum absolute atomic E-state index is 0.440. The van der Waals surface area contributed by atoms with Gasteiger partial charge in [0, 0.05) is 33.0 Å². The molecule has 0 rings (SSSR count). The van der Waals surface area contributed by atoms with Crippen LogP contribution >= 0.6 is 0 Å². The predicted octanol–water partition coefficient (Wildman–Crippen LogP) is 2.54. The average molecular weight is 264 g/mol. The van der Waals surface area contributed by atoms with Gasteiger partial charge in [0.25, 0.3) is 0 Å². The second kappa shape index (κ2) is 8.82. The molecular formula is C13H28O5. The highest BCUT2D eigenvalue weighted by Crippen LogP contribution is 2.34. The quantitative estimate of drug-likeness (QED) is 0.537. The van der Waals surface area contributed by atoms with Gasteiger partial charge in [-0.05, 0) is 41.5 Å². The van der Waals surface area contributed by atoms with E-state index in [0.29, 0.717) is 33.0 Å². The van der Waals surface area contributed by atoms with Gasteiger partial charge in [-0.15, -0.1) is 0 Å². The molecule has 0 aliphatic rings. The Bertz CT molecular complexity index is 185. The molecule has 0 N–H and O–H groups in total. The summed E-state index contributed by atoms with van der Waals surface area (Å²) < 4.78 is 28.5. The molecule has 0 saturated carbocycles. The van der Waals surface area contributed by atoms with Gasteiger partial charge in [0.2, 0.25) is 5.79 Å². The fourth-order valence-electron chi connectivity index (χ4n) is 1.86. The van der Waals surface area contributed by atoms with Crippen LogP contribution in [0.25, 0.3) is 0 Å². The van der Waals surface area contributed by atoms with E-state index >= 15 is 0 Å². The van der Waals surface area contributed by atoms with Gasteiger partial charge in [0.15, 0.2) is 0 Å². The summed E-state index contributed by atoms with van der Waals surface area (Å²) in [6.45, 7) is 13.5. The van der Waals surface area contributed by atoms with Crippen LogP contribution in [-0.2, 0) is 23.7 Å². The van der Waals surface area contributed by atoms with E-state index in [2.05, 4.69) is 0 Å². The van der Waals surface area contributed by atoms with Crippen LogP contribution in [0, 0.1) is 0 Å². The average Bonchev–Trinajstić information content (AvgIpc) is 2.30. The lowest BCUT2D eigenvalue weighted by molar-refractivity contribution is -0.490. The van der Waals surface area contributed by atoms with Crippen LogP contribution < -0.4 is 0 Å². The maximum atomic E-state index is 5.70. The molecule has 0 heterocycles. The van der Waals surface area contributed by atoms with Crippen molar-refractivity contribution in [2.45, 2.75) is 53.3 Å². The second-order valence-electron chi connectivity index (χ2n) is 3.67. The minimum atomic E-state index is -1.34. The highest BCUT2D eigenvalue weighted by atomic mass is 16.9. The van der Waals surface area contributed by atoms with E-state index in [0.717, 1.165) is 0 Å². The van der Waals surface area contributed by atoms with Crippen molar-refractivity contribution in [3.8, 4) is 0 Å². The van der Waals surface area contributed by atoms with Crippen LogP contribution in [0.4, 0.5) is 0 Å². The molecule has 0 aromatic carbocycles. The Balaban J connectivity index is 5.26. The van der Waals surface area contributed by atoms with Crippen molar-refractivity contribution in [1.29, 1.82) is 0 Å². The largest absolute Gasteiger partial charge is 0.344 e. The molecule has 0 radical (unpaired) electrons. The van der Waals surface area contributed by atoms with Gasteiger partial charge in [0.1, 0.15) is 0 Å². The van der Waals surface area contributed by atoms with Gasteiger partial charge in [-0.1, -0.05) is 0 Å². The highest BCUT2D eigenvalue weighted by molar-refractivity contribution is 4.78. The summed E-state index contributed by atoms with van der Waals surface area (Å²) in [5, 5.41) is 0. The first-order valence-electron chi connectivity index (χ1n) is 6.75. The van der Waals surface area contributed by atoms with Crippen molar-refractivity contribution in [3.63, 3.8) is 0 Å². The molecule has 0 bridgehead atoms. The van der Waals surface area contributed by atoms with Gasteiger partial charge < -0.3 is 23.7 Å². The number of hydrogen-bond donors (Lipinski definition) is 0. The number of rotatable bonds is 11. The molecule has 110 valence electrons. The van der Waals surface area contributed by atoms with Crippen LogP contribution in [0.2, 0.25) is 0 Å². The molecule has 5 heteroatoms. The molecule has 18 heavy (non-hydrogen) atoms. The standard InChI is InChI=1S/C13H28O5/c1-7-14-12(6,15-8-2)13(16-9-3,17-10-4)18-11-5/h7-11H2,1-6H3. The van der Waals surface area contributed by atoms with Crippen molar-refractivity contribution in [1.82, 2.24) is 0 Å². The third kappa shape index (κ3) is 4.17. The maximum Gasteiger partial charge on any atom is 0.340 e. The lowest BCUT2D eigenvalue weighted by atomic mass is 10.2. The van der Waals surface area contributed by atoms with Gasteiger partial charge >= 0.3 is 5.97 Å². The molecule has 0 spiro atoms. The SMILES string of the molecule is CCOC(C)(OCC)C(OCC)(OCC)OCC. The van der Waals surface area contributed by atoms with E-state index in [1.807, 2.05) is 34.6 Å². The predicted molar refractivity (Wildman–Crippen MR) is 69.3 cm³/mol. The molecule has 0 atom stereocenters. The third-order valence-electron chi connectivity index (χ3n) is 2.40. The molecule has 0 aromatic heterocycles. The lowest BCUT2D eigenvalue weighted by Crippen LogP contribution is -2.61. The highest BCUT2D eigenvalue weighted by Gasteiger charge is 2.55.